The van der Waals surface area contributed by atoms with Gasteiger partial charge in [-0.05, 0) is 35.6 Å². The summed E-state index contributed by atoms with van der Waals surface area (Å²) in [5.74, 6) is -2.47. The maximum absolute atomic E-state index is 12.3. The number of amides is 2. The van der Waals surface area contributed by atoms with Gasteiger partial charge in [-0.3, -0.25) is 9.59 Å². The van der Waals surface area contributed by atoms with Crippen molar-refractivity contribution in [3.8, 4) is 11.1 Å². The zero-order chi connectivity index (χ0) is 24.7. The molecule has 2 aromatic rings. The highest BCUT2D eigenvalue weighted by Gasteiger charge is 2.29. The van der Waals surface area contributed by atoms with Crippen LogP contribution in [0.3, 0.4) is 0 Å². The Hall–Kier alpha value is -3.88. The number of rotatable bonds is 10. The molecule has 1 aliphatic rings. The smallest absolute Gasteiger partial charge is 0.407 e. The number of fused-ring (bicyclic) bond motifs is 3. The summed E-state index contributed by atoms with van der Waals surface area (Å²) in [5.41, 5.74) is 4.43. The standard InChI is InChI=1S/C25H28N2O7/c1-15(13-22(28)27-21(24(30)31)11-12-23(29)33-2)26-25(32)34-14-20-18-9-5-3-7-16(18)17-8-4-6-10-19(17)20/h3-10,15,20-21H,11-14H2,1-2H3,(H,26,32)(H,27,28)(H,30,31)/t15-,21-/m1/s1. The number of ether oxygens (including phenoxy) is 2. The van der Waals surface area contributed by atoms with Crippen molar-refractivity contribution in [2.75, 3.05) is 13.7 Å². The van der Waals surface area contributed by atoms with E-state index >= 15 is 0 Å². The SMILES string of the molecule is COC(=O)CC[C@@H](NC(=O)C[C@@H](C)NC(=O)OCC1c2ccccc2-c2ccccc21)C(=O)O. The van der Waals surface area contributed by atoms with E-state index in [1.807, 2.05) is 48.5 Å². The fourth-order valence-electron chi connectivity index (χ4n) is 4.05. The number of alkyl carbamates (subject to hydrolysis) is 1. The van der Waals surface area contributed by atoms with Crippen LogP contribution in [-0.2, 0) is 23.9 Å². The molecule has 9 nitrogen and oxygen atoms in total. The molecule has 2 aromatic carbocycles. The molecule has 2 atom stereocenters. The summed E-state index contributed by atoms with van der Waals surface area (Å²) in [6, 6.07) is 14.2. The molecule has 3 rings (SSSR count). The fraction of sp³-hybridized carbons (Fsp3) is 0.360. The number of methoxy groups -OCH3 is 1. The zero-order valence-electron chi connectivity index (χ0n) is 19.1. The third-order valence-corrected chi connectivity index (χ3v) is 5.70. The highest BCUT2D eigenvalue weighted by atomic mass is 16.5. The van der Waals surface area contributed by atoms with E-state index in [1.54, 1.807) is 6.92 Å². The van der Waals surface area contributed by atoms with Gasteiger partial charge in [0.15, 0.2) is 0 Å². The summed E-state index contributed by atoms with van der Waals surface area (Å²) in [5, 5.41) is 14.2. The van der Waals surface area contributed by atoms with Crippen molar-refractivity contribution in [3.63, 3.8) is 0 Å². The van der Waals surface area contributed by atoms with Gasteiger partial charge in [-0.15, -0.1) is 0 Å². The molecule has 0 fully saturated rings. The van der Waals surface area contributed by atoms with Crippen LogP contribution in [0.2, 0.25) is 0 Å². The Labute approximate surface area is 197 Å². The van der Waals surface area contributed by atoms with E-state index in [2.05, 4.69) is 15.4 Å². The lowest BCUT2D eigenvalue weighted by Crippen LogP contribution is -2.44. The van der Waals surface area contributed by atoms with E-state index in [9.17, 15) is 24.3 Å². The van der Waals surface area contributed by atoms with Crippen LogP contribution < -0.4 is 10.6 Å². The molecular weight excluding hydrogens is 440 g/mol. The molecule has 0 heterocycles. The van der Waals surface area contributed by atoms with E-state index in [0.717, 1.165) is 22.3 Å². The van der Waals surface area contributed by atoms with E-state index in [1.165, 1.54) is 7.11 Å². The number of benzene rings is 2. The normalized spacial score (nSPS) is 13.7. The molecule has 0 aliphatic heterocycles. The van der Waals surface area contributed by atoms with Crippen LogP contribution in [0.1, 0.15) is 43.2 Å². The second-order valence-electron chi connectivity index (χ2n) is 8.15. The number of hydrogen-bond donors (Lipinski definition) is 3. The van der Waals surface area contributed by atoms with Gasteiger partial charge in [0, 0.05) is 24.8 Å². The van der Waals surface area contributed by atoms with E-state index in [4.69, 9.17) is 4.74 Å². The molecule has 9 heteroatoms. The Bertz CT molecular complexity index is 1020. The summed E-state index contributed by atoms with van der Waals surface area (Å²) in [6.45, 7) is 1.76. The number of carboxylic acid groups (broad SMARTS) is 1. The average Bonchev–Trinajstić information content (AvgIpc) is 3.13. The summed E-state index contributed by atoms with van der Waals surface area (Å²) in [6.07, 6.45) is -1.04. The first kappa shape index (κ1) is 24.8. The van der Waals surface area contributed by atoms with Gasteiger partial charge in [0.1, 0.15) is 12.6 Å². The molecule has 180 valence electrons. The molecule has 0 radical (unpaired) electrons. The second kappa shape index (κ2) is 11.3. The maximum Gasteiger partial charge on any atom is 0.407 e. The van der Waals surface area contributed by atoms with Gasteiger partial charge < -0.3 is 25.2 Å². The Morgan fingerprint density at radius 2 is 1.56 bits per heavy atom. The third kappa shape index (κ3) is 6.12. The van der Waals surface area contributed by atoms with E-state index in [-0.39, 0.29) is 31.8 Å². The zero-order valence-corrected chi connectivity index (χ0v) is 19.1. The minimum absolute atomic E-state index is 0.0807. The number of nitrogens with one attached hydrogen (secondary N) is 2. The van der Waals surface area contributed by atoms with Crippen molar-refractivity contribution in [1.82, 2.24) is 10.6 Å². The lowest BCUT2D eigenvalue weighted by molar-refractivity contribution is -0.144. The molecule has 0 saturated carbocycles. The van der Waals surface area contributed by atoms with Crippen LogP contribution in [0.5, 0.6) is 0 Å². The molecule has 0 saturated heterocycles. The Morgan fingerprint density at radius 3 is 2.12 bits per heavy atom. The van der Waals surface area contributed by atoms with Crippen LogP contribution in [-0.4, -0.2) is 54.8 Å². The van der Waals surface area contributed by atoms with Crippen molar-refractivity contribution < 1.29 is 33.8 Å². The summed E-state index contributed by atoms with van der Waals surface area (Å²) < 4.78 is 9.95. The highest BCUT2D eigenvalue weighted by molar-refractivity contribution is 5.84. The van der Waals surface area contributed by atoms with Gasteiger partial charge in [0.05, 0.1) is 7.11 Å². The predicted octanol–water partition coefficient (Wildman–Crippen LogP) is 2.83. The summed E-state index contributed by atoms with van der Waals surface area (Å²) in [4.78, 5) is 47.1. The highest BCUT2D eigenvalue weighted by Crippen LogP contribution is 2.44. The van der Waals surface area contributed by atoms with Gasteiger partial charge in [-0.2, -0.15) is 0 Å². The largest absolute Gasteiger partial charge is 0.480 e. The van der Waals surface area contributed by atoms with Crippen LogP contribution in [0.25, 0.3) is 11.1 Å². The van der Waals surface area contributed by atoms with Crippen LogP contribution in [0.15, 0.2) is 48.5 Å². The average molecular weight is 469 g/mol. The molecule has 0 aromatic heterocycles. The number of carboxylic acids is 1. The molecule has 3 N–H and O–H groups in total. The quantitative estimate of drug-likeness (QED) is 0.457. The second-order valence-corrected chi connectivity index (χ2v) is 8.15. The van der Waals surface area contributed by atoms with E-state index in [0.29, 0.717) is 0 Å². The number of carbonyl (C=O) groups excluding carboxylic acids is 3. The Kier molecular flexibility index (Phi) is 8.24. The van der Waals surface area contributed by atoms with Gasteiger partial charge in [-0.1, -0.05) is 48.5 Å². The fourth-order valence-corrected chi connectivity index (χ4v) is 4.05. The molecule has 2 amide bonds. The molecule has 1 aliphatic carbocycles. The lowest BCUT2D eigenvalue weighted by atomic mass is 9.98. The first-order valence-electron chi connectivity index (χ1n) is 11.0. The summed E-state index contributed by atoms with van der Waals surface area (Å²) in [7, 11) is 1.20. The third-order valence-electron chi connectivity index (χ3n) is 5.70. The topological polar surface area (TPSA) is 131 Å². The van der Waals surface area contributed by atoms with Gasteiger partial charge in [0.25, 0.3) is 0 Å². The van der Waals surface area contributed by atoms with Gasteiger partial charge >= 0.3 is 18.0 Å². The number of carbonyl (C=O) groups is 4. The molecule has 34 heavy (non-hydrogen) atoms. The summed E-state index contributed by atoms with van der Waals surface area (Å²) >= 11 is 0. The first-order valence-corrected chi connectivity index (χ1v) is 11.0. The number of hydrogen-bond acceptors (Lipinski definition) is 6. The molecule has 0 unspecified atom stereocenters. The Morgan fingerprint density at radius 1 is 0.971 bits per heavy atom. The van der Waals surface area contributed by atoms with Gasteiger partial charge in [0.2, 0.25) is 5.91 Å². The van der Waals surface area contributed by atoms with Crippen molar-refractivity contribution in [2.45, 2.75) is 44.2 Å². The number of esters is 1. The van der Waals surface area contributed by atoms with E-state index < -0.39 is 36.0 Å². The Balaban J connectivity index is 1.49. The van der Waals surface area contributed by atoms with Crippen molar-refractivity contribution in [2.24, 2.45) is 0 Å². The lowest BCUT2D eigenvalue weighted by Gasteiger charge is -2.18. The first-order chi connectivity index (χ1) is 16.3. The monoisotopic (exact) mass is 468 g/mol. The van der Waals surface area contributed by atoms with Crippen LogP contribution in [0, 0.1) is 0 Å². The molecule has 0 spiro atoms. The number of aliphatic carboxylic acids is 1. The van der Waals surface area contributed by atoms with Crippen molar-refractivity contribution in [3.05, 3.63) is 59.7 Å². The minimum atomic E-state index is -1.26. The predicted molar refractivity (Wildman–Crippen MR) is 123 cm³/mol. The van der Waals surface area contributed by atoms with Crippen molar-refractivity contribution >= 4 is 23.9 Å². The van der Waals surface area contributed by atoms with Crippen LogP contribution in [0.4, 0.5) is 4.79 Å². The van der Waals surface area contributed by atoms with Gasteiger partial charge in [-0.25, -0.2) is 9.59 Å². The van der Waals surface area contributed by atoms with Crippen LogP contribution >= 0.6 is 0 Å². The molecular formula is C25H28N2O7. The van der Waals surface area contributed by atoms with Crippen molar-refractivity contribution in [1.29, 1.82) is 0 Å². The minimum Gasteiger partial charge on any atom is -0.480 e. The molecule has 0 bridgehead atoms. The maximum atomic E-state index is 12.3.